The molecule has 0 aromatic heterocycles. The summed E-state index contributed by atoms with van der Waals surface area (Å²) in [5.41, 5.74) is 0. The van der Waals surface area contributed by atoms with Gasteiger partial charge in [-0.25, -0.2) is 13.1 Å². The second-order valence-corrected chi connectivity index (χ2v) is 6.09. The standard InChI is InChI=1S/C10H21N3O3S/c1-3-13(4-2)10(14)8-12-17(15,16)9-5-6-11-7-9/h9,11-12H,3-8H2,1-2H3. The van der Waals surface area contributed by atoms with E-state index in [1.165, 1.54) is 0 Å². The maximum absolute atomic E-state index is 11.8. The van der Waals surface area contributed by atoms with Crippen LogP contribution in [0.15, 0.2) is 0 Å². The Bertz CT molecular complexity index is 346. The van der Waals surface area contributed by atoms with Gasteiger partial charge >= 0.3 is 0 Å². The molecule has 1 unspecified atom stereocenters. The Balaban J connectivity index is 2.46. The van der Waals surface area contributed by atoms with E-state index in [1.54, 1.807) is 4.90 Å². The third kappa shape index (κ3) is 3.93. The minimum Gasteiger partial charge on any atom is -0.342 e. The van der Waals surface area contributed by atoms with Gasteiger partial charge in [-0.15, -0.1) is 0 Å². The van der Waals surface area contributed by atoms with Crippen molar-refractivity contribution >= 4 is 15.9 Å². The molecule has 0 radical (unpaired) electrons. The van der Waals surface area contributed by atoms with Crippen LogP contribution in [0.25, 0.3) is 0 Å². The molecule has 0 aromatic rings. The van der Waals surface area contributed by atoms with Crippen LogP contribution in [0.3, 0.4) is 0 Å². The maximum Gasteiger partial charge on any atom is 0.237 e. The number of amides is 1. The van der Waals surface area contributed by atoms with E-state index >= 15 is 0 Å². The van der Waals surface area contributed by atoms with Gasteiger partial charge in [-0.1, -0.05) is 0 Å². The van der Waals surface area contributed by atoms with Crippen LogP contribution in [0.1, 0.15) is 20.3 Å². The SMILES string of the molecule is CCN(CC)C(=O)CNS(=O)(=O)C1CCNC1. The van der Waals surface area contributed by atoms with E-state index in [4.69, 9.17) is 0 Å². The first-order valence-electron chi connectivity index (χ1n) is 5.98. The van der Waals surface area contributed by atoms with Crippen molar-refractivity contribution < 1.29 is 13.2 Å². The molecule has 1 fully saturated rings. The molecule has 7 heteroatoms. The molecule has 0 saturated carbocycles. The normalized spacial score (nSPS) is 20.5. The zero-order valence-electron chi connectivity index (χ0n) is 10.4. The molecule has 2 N–H and O–H groups in total. The van der Waals surface area contributed by atoms with E-state index in [0.29, 0.717) is 26.1 Å². The minimum atomic E-state index is -3.37. The first-order chi connectivity index (χ1) is 8.01. The Hall–Kier alpha value is -0.660. The van der Waals surface area contributed by atoms with Crippen LogP contribution in [-0.4, -0.2) is 57.2 Å². The van der Waals surface area contributed by atoms with Crippen molar-refractivity contribution in [1.82, 2.24) is 14.9 Å². The van der Waals surface area contributed by atoms with E-state index in [9.17, 15) is 13.2 Å². The van der Waals surface area contributed by atoms with Crippen LogP contribution < -0.4 is 10.0 Å². The van der Waals surface area contributed by atoms with E-state index in [2.05, 4.69) is 10.0 Å². The molecule has 1 saturated heterocycles. The smallest absolute Gasteiger partial charge is 0.237 e. The van der Waals surface area contributed by atoms with Gasteiger partial charge < -0.3 is 10.2 Å². The molecular formula is C10H21N3O3S. The number of hydrogen-bond acceptors (Lipinski definition) is 4. The highest BCUT2D eigenvalue weighted by Crippen LogP contribution is 2.07. The topological polar surface area (TPSA) is 78.5 Å². The highest BCUT2D eigenvalue weighted by Gasteiger charge is 2.28. The molecule has 17 heavy (non-hydrogen) atoms. The number of likely N-dealkylation sites (N-methyl/N-ethyl adjacent to an activating group) is 1. The first kappa shape index (κ1) is 14.4. The van der Waals surface area contributed by atoms with Crippen molar-refractivity contribution in [2.24, 2.45) is 0 Å². The predicted octanol–water partition coefficient (Wildman–Crippen LogP) is -0.864. The van der Waals surface area contributed by atoms with Crippen LogP contribution in [-0.2, 0) is 14.8 Å². The highest BCUT2D eigenvalue weighted by atomic mass is 32.2. The lowest BCUT2D eigenvalue weighted by molar-refractivity contribution is -0.129. The highest BCUT2D eigenvalue weighted by molar-refractivity contribution is 7.90. The molecule has 0 aliphatic carbocycles. The molecule has 1 rings (SSSR count). The van der Waals surface area contributed by atoms with Crippen LogP contribution in [0.5, 0.6) is 0 Å². The molecule has 0 bridgehead atoms. The maximum atomic E-state index is 11.8. The van der Waals surface area contributed by atoms with Gasteiger partial charge in [0, 0.05) is 19.6 Å². The summed E-state index contributed by atoms with van der Waals surface area (Å²) in [6.07, 6.45) is 0.606. The summed E-state index contributed by atoms with van der Waals surface area (Å²) in [6.45, 7) is 5.99. The third-order valence-corrected chi connectivity index (χ3v) is 4.82. The van der Waals surface area contributed by atoms with E-state index in [-0.39, 0.29) is 12.5 Å². The van der Waals surface area contributed by atoms with Crippen molar-refractivity contribution in [3.63, 3.8) is 0 Å². The van der Waals surface area contributed by atoms with Gasteiger partial charge in [-0.2, -0.15) is 0 Å². The second-order valence-electron chi connectivity index (χ2n) is 4.05. The molecule has 1 atom stereocenters. The van der Waals surface area contributed by atoms with Crippen molar-refractivity contribution in [3.8, 4) is 0 Å². The average Bonchev–Trinajstić information content (AvgIpc) is 2.82. The molecule has 1 amide bonds. The number of hydrogen-bond donors (Lipinski definition) is 2. The third-order valence-electron chi connectivity index (χ3n) is 2.99. The molecule has 6 nitrogen and oxygen atoms in total. The monoisotopic (exact) mass is 263 g/mol. The van der Waals surface area contributed by atoms with Crippen molar-refractivity contribution in [2.75, 3.05) is 32.7 Å². The van der Waals surface area contributed by atoms with Gasteiger partial charge in [0.1, 0.15) is 0 Å². The number of nitrogens with one attached hydrogen (secondary N) is 2. The molecule has 0 aromatic carbocycles. The molecular weight excluding hydrogens is 242 g/mol. The second kappa shape index (κ2) is 6.32. The molecule has 0 spiro atoms. The minimum absolute atomic E-state index is 0.138. The fraction of sp³-hybridized carbons (Fsp3) is 0.900. The molecule has 100 valence electrons. The zero-order chi connectivity index (χ0) is 12.9. The van der Waals surface area contributed by atoms with Gasteiger partial charge in [-0.3, -0.25) is 4.79 Å². The zero-order valence-corrected chi connectivity index (χ0v) is 11.2. The lowest BCUT2D eigenvalue weighted by Gasteiger charge is -2.19. The van der Waals surface area contributed by atoms with Crippen LogP contribution in [0.2, 0.25) is 0 Å². The quantitative estimate of drug-likeness (QED) is 0.653. The summed E-state index contributed by atoms with van der Waals surface area (Å²) in [5, 5.41) is 2.59. The summed E-state index contributed by atoms with van der Waals surface area (Å²) in [5.74, 6) is -0.176. The summed E-state index contributed by atoms with van der Waals surface area (Å²) >= 11 is 0. The molecule has 1 aliphatic heterocycles. The van der Waals surface area contributed by atoms with Crippen LogP contribution in [0.4, 0.5) is 0 Å². The Morgan fingerprint density at radius 1 is 1.41 bits per heavy atom. The fourth-order valence-electron chi connectivity index (χ4n) is 1.86. The Labute approximate surface area is 103 Å². The summed E-state index contributed by atoms with van der Waals surface area (Å²) in [7, 11) is -3.37. The van der Waals surface area contributed by atoms with Crippen molar-refractivity contribution in [1.29, 1.82) is 0 Å². The Kier molecular flexibility index (Phi) is 5.35. The number of sulfonamides is 1. The van der Waals surface area contributed by atoms with Gasteiger partial charge in [0.2, 0.25) is 15.9 Å². The number of carbonyl (C=O) groups is 1. The lowest BCUT2D eigenvalue weighted by atomic mass is 10.4. The largest absolute Gasteiger partial charge is 0.342 e. The Morgan fingerprint density at radius 2 is 2.06 bits per heavy atom. The van der Waals surface area contributed by atoms with Crippen LogP contribution >= 0.6 is 0 Å². The van der Waals surface area contributed by atoms with Crippen molar-refractivity contribution in [3.05, 3.63) is 0 Å². The Morgan fingerprint density at radius 3 is 2.53 bits per heavy atom. The summed E-state index contributed by atoms with van der Waals surface area (Å²) < 4.78 is 26.0. The van der Waals surface area contributed by atoms with Gasteiger partial charge in [0.15, 0.2) is 0 Å². The first-order valence-corrected chi connectivity index (χ1v) is 7.52. The van der Waals surface area contributed by atoms with Gasteiger partial charge in [-0.05, 0) is 26.8 Å². The van der Waals surface area contributed by atoms with Crippen molar-refractivity contribution in [2.45, 2.75) is 25.5 Å². The summed E-state index contributed by atoms with van der Waals surface area (Å²) in [4.78, 5) is 13.3. The molecule has 1 aliphatic rings. The van der Waals surface area contributed by atoms with Gasteiger partial charge in [0.05, 0.1) is 11.8 Å². The number of nitrogens with zero attached hydrogens (tertiary/aromatic N) is 1. The van der Waals surface area contributed by atoms with E-state index in [1.807, 2.05) is 13.8 Å². The molecule has 1 heterocycles. The fourth-order valence-corrected chi connectivity index (χ4v) is 3.19. The van der Waals surface area contributed by atoms with Gasteiger partial charge in [0.25, 0.3) is 0 Å². The number of rotatable bonds is 6. The summed E-state index contributed by atoms with van der Waals surface area (Å²) in [6, 6.07) is 0. The van der Waals surface area contributed by atoms with E-state index < -0.39 is 15.3 Å². The average molecular weight is 263 g/mol. The number of carbonyl (C=O) groups excluding carboxylic acids is 1. The van der Waals surface area contributed by atoms with E-state index in [0.717, 1.165) is 6.54 Å². The predicted molar refractivity (Wildman–Crippen MR) is 66.1 cm³/mol. The van der Waals surface area contributed by atoms with Crippen LogP contribution in [0, 0.1) is 0 Å². The lowest BCUT2D eigenvalue weighted by Crippen LogP contribution is -2.43.